The number of amidine groups is 1. The SMILES string of the molecule is CCN(Cc1ccc(Br)cc1)CC(C)C(=N)N. The monoisotopic (exact) mass is 297 g/mol. The molecule has 0 radical (unpaired) electrons. The molecule has 3 nitrogen and oxygen atoms in total. The average molecular weight is 298 g/mol. The maximum Gasteiger partial charge on any atom is 0.0947 e. The fourth-order valence-corrected chi connectivity index (χ4v) is 1.90. The highest BCUT2D eigenvalue weighted by Gasteiger charge is 2.11. The second-order valence-corrected chi connectivity index (χ2v) is 5.23. The Kier molecular flexibility index (Phi) is 5.65. The van der Waals surface area contributed by atoms with Gasteiger partial charge in [-0.3, -0.25) is 10.3 Å². The molecule has 0 bridgehead atoms. The maximum absolute atomic E-state index is 7.42. The molecule has 0 spiro atoms. The van der Waals surface area contributed by atoms with Crippen molar-refractivity contribution in [3.05, 3.63) is 34.3 Å². The van der Waals surface area contributed by atoms with E-state index in [0.717, 1.165) is 24.1 Å². The van der Waals surface area contributed by atoms with Crippen LogP contribution >= 0.6 is 15.9 Å². The van der Waals surface area contributed by atoms with Crippen molar-refractivity contribution < 1.29 is 0 Å². The minimum atomic E-state index is 0.116. The lowest BCUT2D eigenvalue weighted by atomic mass is 10.1. The molecule has 0 saturated carbocycles. The zero-order chi connectivity index (χ0) is 12.8. The van der Waals surface area contributed by atoms with Gasteiger partial charge in [-0.2, -0.15) is 0 Å². The van der Waals surface area contributed by atoms with Gasteiger partial charge in [-0.25, -0.2) is 0 Å². The summed E-state index contributed by atoms with van der Waals surface area (Å²) in [5.74, 6) is 0.379. The minimum absolute atomic E-state index is 0.116. The molecule has 1 rings (SSSR count). The van der Waals surface area contributed by atoms with Crippen LogP contribution in [0.1, 0.15) is 19.4 Å². The molecule has 0 saturated heterocycles. The number of nitrogens with two attached hydrogens (primary N) is 1. The first-order valence-electron chi connectivity index (χ1n) is 5.83. The summed E-state index contributed by atoms with van der Waals surface area (Å²) in [6, 6.07) is 8.34. The predicted molar refractivity (Wildman–Crippen MR) is 76.2 cm³/mol. The van der Waals surface area contributed by atoms with Crippen LogP contribution in [-0.2, 0) is 6.54 Å². The normalized spacial score (nSPS) is 12.7. The first kappa shape index (κ1) is 14.2. The van der Waals surface area contributed by atoms with Crippen molar-refractivity contribution in [2.45, 2.75) is 20.4 Å². The summed E-state index contributed by atoms with van der Waals surface area (Å²) >= 11 is 3.43. The van der Waals surface area contributed by atoms with Crippen LogP contribution in [0.3, 0.4) is 0 Å². The molecule has 17 heavy (non-hydrogen) atoms. The molecule has 1 aromatic rings. The number of halogens is 1. The number of nitrogens with zero attached hydrogens (tertiary/aromatic N) is 1. The molecule has 0 heterocycles. The molecule has 3 N–H and O–H groups in total. The quantitative estimate of drug-likeness (QED) is 0.627. The number of nitrogens with one attached hydrogen (secondary N) is 1. The molecular formula is C13H20BrN3. The molecule has 4 heteroatoms. The van der Waals surface area contributed by atoms with Crippen molar-refractivity contribution >= 4 is 21.8 Å². The number of rotatable bonds is 6. The summed E-state index contributed by atoms with van der Waals surface area (Å²) < 4.78 is 1.10. The molecule has 94 valence electrons. The first-order chi connectivity index (χ1) is 8.02. The first-order valence-corrected chi connectivity index (χ1v) is 6.63. The summed E-state index contributed by atoms with van der Waals surface area (Å²) in [5.41, 5.74) is 6.79. The van der Waals surface area contributed by atoms with E-state index in [4.69, 9.17) is 11.1 Å². The van der Waals surface area contributed by atoms with E-state index in [1.165, 1.54) is 5.56 Å². The van der Waals surface area contributed by atoms with Gasteiger partial charge >= 0.3 is 0 Å². The van der Waals surface area contributed by atoms with Gasteiger partial charge in [-0.15, -0.1) is 0 Å². The summed E-state index contributed by atoms with van der Waals surface area (Å²) in [4.78, 5) is 2.30. The fourth-order valence-electron chi connectivity index (χ4n) is 1.64. The highest BCUT2D eigenvalue weighted by molar-refractivity contribution is 9.10. The van der Waals surface area contributed by atoms with Crippen LogP contribution in [-0.4, -0.2) is 23.8 Å². The van der Waals surface area contributed by atoms with E-state index in [0.29, 0.717) is 0 Å². The maximum atomic E-state index is 7.42. The Morgan fingerprint density at radius 3 is 2.47 bits per heavy atom. The van der Waals surface area contributed by atoms with Crippen LogP contribution in [0, 0.1) is 11.3 Å². The fraction of sp³-hybridized carbons (Fsp3) is 0.462. The number of hydrogen-bond acceptors (Lipinski definition) is 2. The van der Waals surface area contributed by atoms with E-state index in [9.17, 15) is 0 Å². The summed E-state index contributed by atoms with van der Waals surface area (Å²) in [6.07, 6.45) is 0. The summed E-state index contributed by atoms with van der Waals surface area (Å²) in [5, 5.41) is 7.42. The predicted octanol–water partition coefficient (Wildman–Crippen LogP) is 2.84. The van der Waals surface area contributed by atoms with E-state index in [1.807, 2.05) is 6.92 Å². The van der Waals surface area contributed by atoms with Crippen LogP contribution in [0.4, 0.5) is 0 Å². The Morgan fingerprint density at radius 2 is 2.00 bits per heavy atom. The molecule has 0 aliphatic rings. The zero-order valence-electron chi connectivity index (χ0n) is 10.4. The van der Waals surface area contributed by atoms with Crippen molar-refractivity contribution in [2.75, 3.05) is 13.1 Å². The molecule has 0 aliphatic carbocycles. The molecule has 0 fully saturated rings. The second kappa shape index (κ2) is 6.77. The van der Waals surface area contributed by atoms with Gasteiger partial charge in [0.15, 0.2) is 0 Å². The lowest BCUT2D eigenvalue weighted by Crippen LogP contribution is -2.34. The van der Waals surface area contributed by atoms with Gasteiger partial charge in [-0.1, -0.05) is 41.9 Å². The molecule has 0 aliphatic heterocycles. The third-order valence-corrected chi connectivity index (χ3v) is 3.36. The van der Waals surface area contributed by atoms with Crippen molar-refractivity contribution in [3.8, 4) is 0 Å². The van der Waals surface area contributed by atoms with Crippen LogP contribution < -0.4 is 5.73 Å². The Bertz CT molecular complexity index is 361. The molecule has 1 unspecified atom stereocenters. The smallest absolute Gasteiger partial charge is 0.0947 e. The van der Waals surface area contributed by atoms with Crippen molar-refractivity contribution in [1.29, 1.82) is 5.41 Å². The van der Waals surface area contributed by atoms with E-state index in [1.54, 1.807) is 0 Å². The van der Waals surface area contributed by atoms with Gasteiger partial charge in [0.05, 0.1) is 5.84 Å². The Hall–Kier alpha value is -0.870. The molecule has 1 aromatic carbocycles. The standard InChI is InChI=1S/C13H20BrN3/c1-3-17(8-10(2)13(15)16)9-11-4-6-12(14)7-5-11/h4-7,10H,3,8-9H2,1-2H3,(H3,15,16). The van der Waals surface area contributed by atoms with Crippen molar-refractivity contribution in [1.82, 2.24) is 4.90 Å². The molecular weight excluding hydrogens is 278 g/mol. The Labute approximate surface area is 112 Å². The van der Waals surface area contributed by atoms with Crippen molar-refractivity contribution in [3.63, 3.8) is 0 Å². The van der Waals surface area contributed by atoms with Gasteiger partial charge in [0.1, 0.15) is 0 Å². The topological polar surface area (TPSA) is 53.1 Å². The highest BCUT2D eigenvalue weighted by atomic mass is 79.9. The third kappa shape index (κ3) is 4.88. The van der Waals surface area contributed by atoms with Gasteiger partial charge in [0.25, 0.3) is 0 Å². The Balaban J connectivity index is 2.57. The van der Waals surface area contributed by atoms with Crippen LogP contribution in [0.5, 0.6) is 0 Å². The molecule has 0 aromatic heterocycles. The summed E-state index contributed by atoms with van der Waals surface area (Å²) in [7, 11) is 0. The van der Waals surface area contributed by atoms with Gasteiger partial charge in [-0.05, 0) is 24.2 Å². The lowest BCUT2D eigenvalue weighted by molar-refractivity contribution is 0.263. The number of benzene rings is 1. The van der Waals surface area contributed by atoms with Gasteiger partial charge in [0.2, 0.25) is 0 Å². The van der Waals surface area contributed by atoms with E-state index in [-0.39, 0.29) is 11.8 Å². The largest absolute Gasteiger partial charge is 0.387 e. The molecule has 0 amide bonds. The van der Waals surface area contributed by atoms with E-state index in [2.05, 4.69) is 52.0 Å². The van der Waals surface area contributed by atoms with Crippen LogP contribution in [0.15, 0.2) is 28.7 Å². The lowest BCUT2D eigenvalue weighted by Gasteiger charge is -2.23. The van der Waals surface area contributed by atoms with Crippen molar-refractivity contribution in [2.24, 2.45) is 11.7 Å². The highest BCUT2D eigenvalue weighted by Crippen LogP contribution is 2.13. The second-order valence-electron chi connectivity index (χ2n) is 4.31. The summed E-state index contributed by atoms with van der Waals surface area (Å²) in [6.45, 7) is 6.83. The van der Waals surface area contributed by atoms with Gasteiger partial charge < -0.3 is 5.73 Å². The van der Waals surface area contributed by atoms with Crippen LogP contribution in [0.2, 0.25) is 0 Å². The Morgan fingerprint density at radius 1 is 1.41 bits per heavy atom. The minimum Gasteiger partial charge on any atom is -0.387 e. The number of hydrogen-bond donors (Lipinski definition) is 2. The van der Waals surface area contributed by atoms with Crippen LogP contribution in [0.25, 0.3) is 0 Å². The average Bonchev–Trinajstić information content (AvgIpc) is 2.30. The molecule has 1 atom stereocenters. The van der Waals surface area contributed by atoms with Gasteiger partial charge in [0, 0.05) is 23.5 Å². The zero-order valence-corrected chi connectivity index (χ0v) is 12.0. The van der Waals surface area contributed by atoms with E-state index < -0.39 is 0 Å². The van der Waals surface area contributed by atoms with E-state index >= 15 is 0 Å². The third-order valence-electron chi connectivity index (χ3n) is 2.83.